The highest BCUT2D eigenvalue weighted by atomic mass is 16.5. The number of ether oxygens (including phenoxy) is 1. The van der Waals surface area contributed by atoms with Gasteiger partial charge in [0.2, 0.25) is 0 Å². The molecule has 1 heterocycles. The van der Waals surface area contributed by atoms with E-state index in [0.29, 0.717) is 6.10 Å². The molecule has 0 bridgehead atoms. The molecule has 1 N–H and O–H groups in total. The molecular weight excluding hydrogens is 152 g/mol. The van der Waals surface area contributed by atoms with E-state index in [1.54, 1.807) is 0 Å². The fraction of sp³-hybridized carbons (Fsp3) is 1.00. The second-order valence-corrected chi connectivity index (χ2v) is 3.44. The van der Waals surface area contributed by atoms with Crippen molar-refractivity contribution in [1.29, 1.82) is 0 Å². The van der Waals surface area contributed by atoms with Crippen LogP contribution in [0.2, 0.25) is 0 Å². The molecule has 1 atom stereocenters. The Morgan fingerprint density at radius 2 is 2.42 bits per heavy atom. The van der Waals surface area contributed by atoms with Crippen LogP contribution in [0.3, 0.4) is 0 Å². The van der Waals surface area contributed by atoms with Gasteiger partial charge in [-0.1, -0.05) is 0 Å². The molecule has 1 unspecified atom stereocenters. The predicted molar refractivity (Wildman–Crippen MR) is 50.4 cm³/mol. The predicted octanol–water partition coefficient (Wildman–Crippen LogP) is 0.317. The van der Waals surface area contributed by atoms with Crippen molar-refractivity contribution < 1.29 is 4.74 Å². The zero-order chi connectivity index (χ0) is 8.81. The largest absolute Gasteiger partial charge is 0.376 e. The maximum atomic E-state index is 5.46. The molecule has 0 radical (unpaired) electrons. The standard InChI is InChI=1S/C9H20N2O/c1-9-8-11(6-7-12-9)5-3-4-10-2/h9-10H,3-8H2,1-2H3. The van der Waals surface area contributed by atoms with Crippen LogP contribution in [0.1, 0.15) is 13.3 Å². The van der Waals surface area contributed by atoms with Crippen molar-refractivity contribution in [2.24, 2.45) is 0 Å². The quantitative estimate of drug-likeness (QED) is 0.618. The Bertz CT molecular complexity index is 119. The molecule has 1 aliphatic heterocycles. The Hall–Kier alpha value is -0.120. The summed E-state index contributed by atoms with van der Waals surface area (Å²) in [4.78, 5) is 2.48. The third kappa shape index (κ3) is 3.52. The summed E-state index contributed by atoms with van der Waals surface area (Å²) in [6.45, 7) is 7.57. The van der Waals surface area contributed by atoms with Crippen LogP contribution in [0, 0.1) is 0 Å². The molecule has 0 saturated carbocycles. The fourth-order valence-corrected chi connectivity index (χ4v) is 1.57. The molecular formula is C9H20N2O. The topological polar surface area (TPSA) is 24.5 Å². The summed E-state index contributed by atoms with van der Waals surface area (Å²) in [6.07, 6.45) is 1.66. The van der Waals surface area contributed by atoms with Crippen LogP contribution in [0.25, 0.3) is 0 Å². The lowest BCUT2D eigenvalue weighted by molar-refractivity contribution is -0.0183. The van der Waals surface area contributed by atoms with Gasteiger partial charge in [0, 0.05) is 13.1 Å². The summed E-state index contributed by atoms with van der Waals surface area (Å²) in [5, 5.41) is 3.16. The van der Waals surface area contributed by atoms with E-state index in [-0.39, 0.29) is 0 Å². The first-order chi connectivity index (χ1) is 5.83. The Labute approximate surface area is 75.1 Å². The molecule has 0 amide bonds. The van der Waals surface area contributed by atoms with Gasteiger partial charge in [-0.25, -0.2) is 0 Å². The zero-order valence-corrected chi connectivity index (χ0v) is 8.18. The Kier molecular flexibility index (Phi) is 4.58. The van der Waals surface area contributed by atoms with E-state index in [9.17, 15) is 0 Å². The van der Waals surface area contributed by atoms with E-state index in [2.05, 4.69) is 17.1 Å². The second-order valence-electron chi connectivity index (χ2n) is 3.44. The van der Waals surface area contributed by atoms with E-state index in [1.807, 2.05) is 7.05 Å². The Balaban J connectivity index is 2.06. The highest BCUT2D eigenvalue weighted by molar-refractivity contribution is 4.67. The van der Waals surface area contributed by atoms with Gasteiger partial charge < -0.3 is 10.1 Å². The molecule has 0 aliphatic carbocycles. The SMILES string of the molecule is CNCCCN1CCOC(C)C1. The summed E-state index contributed by atoms with van der Waals surface area (Å²) < 4.78 is 5.46. The van der Waals surface area contributed by atoms with Crippen LogP contribution < -0.4 is 5.32 Å². The number of morpholine rings is 1. The van der Waals surface area contributed by atoms with Gasteiger partial charge in [0.05, 0.1) is 12.7 Å². The number of nitrogens with zero attached hydrogens (tertiary/aromatic N) is 1. The van der Waals surface area contributed by atoms with Crippen molar-refractivity contribution in [2.45, 2.75) is 19.4 Å². The maximum absolute atomic E-state index is 5.46. The second kappa shape index (κ2) is 5.51. The molecule has 1 fully saturated rings. The lowest BCUT2D eigenvalue weighted by atomic mass is 10.3. The van der Waals surface area contributed by atoms with Crippen molar-refractivity contribution in [2.75, 3.05) is 39.8 Å². The molecule has 72 valence electrons. The first kappa shape index (κ1) is 9.96. The molecule has 3 heteroatoms. The van der Waals surface area contributed by atoms with Gasteiger partial charge in [0.1, 0.15) is 0 Å². The lowest BCUT2D eigenvalue weighted by Crippen LogP contribution is -2.41. The van der Waals surface area contributed by atoms with E-state index < -0.39 is 0 Å². The third-order valence-corrected chi connectivity index (χ3v) is 2.23. The van der Waals surface area contributed by atoms with Crippen LogP contribution in [-0.2, 0) is 4.74 Å². The van der Waals surface area contributed by atoms with Gasteiger partial charge in [-0.3, -0.25) is 4.90 Å². The van der Waals surface area contributed by atoms with E-state index in [4.69, 9.17) is 4.74 Å². The molecule has 1 aliphatic rings. The van der Waals surface area contributed by atoms with Gasteiger partial charge in [0.15, 0.2) is 0 Å². The molecule has 12 heavy (non-hydrogen) atoms. The first-order valence-electron chi connectivity index (χ1n) is 4.81. The average molecular weight is 172 g/mol. The zero-order valence-electron chi connectivity index (χ0n) is 8.18. The van der Waals surface area contributed by atoms with Crippen LogP contribution in [0.5, 0.6) is 0 Å². The average Bonchev–Trinajstić information content (AvgIpc) is 2.05. The van der Waals surface area contributed by atoms with Crippen molar-refractivity contribution >= 4 is 0 Å². The van der Waals surface area contributed by atoms with Crippen molar-refractivity contribution in [3.63, 3.8) is 0 Å². The van der Waals surface area contributed by atoms with Gasteiger partial charge in [-0.2, -0.15) is 0 Å². The van der Waals surface area contributed by atoms with Crippen molar-refractivity contribution in [3.8, 4) is 0 Å². The van der Waals surface area contributed by atoms with Crippen LogP contribution in [0.15, 0.2) is 0 Å². The maximum Gasteiger partial charge on any atom is 0.0674 e. The van der Waals surface area contributed by atoms with Crippen LogP contribution in [0.4, 0.5) is 0 Å². The summed E-state index contributed by atoms with van der Waals surface area (Å²) >= 11 is 0. The fourth-order valence-electron chi connectivity index (χ4n) is 1.57. The number of nitrogens with one attached hydrogen (secondary N) is 1. The number of rotatable bonds is 4. The minimum atomic E-state index is 0.424. The molecule has 1 rings (SSSR count). The molecule has 0 aromatic rings. The van der Waals surface area contributed by atoms with Crippen molar-refractivity contribution in [1.82, 2.24) is 10.2 Å². The highest BCUT2D eigenvalue weighted by Crippen LogP contribution is 2.03. The summed E-state index contributed by atoms with van der Waals surface area (Å²) in [6, 6.07) is 0. The lowest BCUT2D eigenvalue weighted by Gasteiger charge is -2.30. The molecule has 0 aromatic carbocycles. The Morgan fingerprint density at radius 1 is 1.58 bits per heavy atom. The minimum Gasteiger partial charge on any atom is -0.376 e. The number of hydrogen-bond acceptors (Lipinski definition) is 3. The third-order valence-electron chi connectivity index (χ3n) is 2.23. The molecule has 3 nitrogen and oxygen atoms in total. The first-order valence-corrected chi connectivity index (χ1v) is 4.81. The smallest absolute Gasteiger partial charge is 0.0674 e. The summed E-state index contributed by atoms with van der Waals surface area (Å²) in [7, 11) is 2.00. The molecule has 1 saturated heterocycles. The minimum absolute atomic E-state index is 0.424. The van der Waals surface area contributed by atoms with E-state index >= 15 is 0 Å². The van der Waals surface area contributed by atoms with Gasteiger partial charge >= 0.3 is 0 Å². The van der Waals surface area contributed by atoms with Crippen LogP contribution in [-0.4, -0.2) is 50.8 Å². The van der Waals surface area contributed by atoms with Crippen molar-refractivity contribution in [3.05, 3.63) is 0 Å². The summed E-state index contributed by atoms with van der Waals surface area (Å²) in [5.74, 6) is 0. The van der Waals surface area contributed by atoms with E-state index in [1.165, 1.54) is 13.0 Å². The number of hydrogen-bond donors (Lipinski definition) is 1. The van der Waals surface area contributed by atoms with Crippen LogP contribution >= 0.6 is 0 Å². The van der Waals surface area contributed by atoms with E-state index in [0.717, 1.165) is 26.2 Å². The Morgan fingerprint density at radius 3 is 3.08 bits per heavy atom. The van der Waals surface area contributed by atoms with Gasteiger partial charge in [-0.15, -0.1) is 0 Å². The normalized spacial score (nSPS) is 26.0. The molecule has 0 aromatic heterocycles. The monoisotopic (exact) mass is 172 g/mol. The van der Waals surface area contributed by atoms with Gasteiger partial charge in [0.25, 0.3) is 0 Å². The highest BCUT2D eigenvalue weighted by Gasteiger charge is 2.15. The molecule has 0 spiro atoms. The summed E-state index contributed by atoms with van der Waals surface area (Å²) in [5.41, 5.74) is 0. The van der Waals surface area contributed by atoms with Gasteiger partial charge in [-0.05, 0) is 33.5 Å².